The summed E-state index contributed by atoms with van der Waals surface area (Å²) in [5.74, 6) is -0.534. The number of thiazole rings is 1. The van der Waals surface area contributed by atoms with E-state index < -0.39 is 0 Å². The van der Waals surface area contributed by atoms with Crippen LogP contribution in [-0.4, -0.2) is 34.8 Å². The second kappa shape index (κ2) is 9.52. The van der Waals surface area contributed by atoms with Crippen LogP contribution in [0.15, 0.2) is 41.9 Å². The SMILES string of the molecule is CCCN(CC(=O)Nc1ccc(Cl)cc1Cl)C(=O)c1cnc(-c2cccs2)s1. The molecule has 1 N–H and O–H groups in total. The first kappa shape index (κ1) is 20.8. The van der Waals surface area contributed by atoms with Crippen molar-refractivity contribution in [2.24, 2.45) is 0 Å². The number of benzene rings is 1. The highest BCUT2D eigenvalue weighted by molar-refractivity contribution is 7.22. The van der Waals surface area contributed by atoms with Crippen molar-refractivity contribution in [3.63, 3.8) is 0 Å². The maximum Gasteiger partial charge on any atom is 0.266 e. The Morgan fingerprint density at radius 1 is 1.25 bits per heavy atom. The third-order valence-corrected chi connectivity index (χ3v) is 6.34. The zero-order valence-electron chi connectivity index (χ0n) is 14.9. The number of nitrogens with zero attached hydrogens (tertiary/aromatic N) is 2. The van der Waals surface area contributed by atoms with Gasteiger partial charge in [-0.15, -0.1) is 22.7 Å². The Bertz CT molecular complexity index is 973. The summed E-state index contributed by atoms with van der Waals surface area (Å²) >= 11 is 14.9. The van der Waals surface area contributed by atoms with Gasteiger partial charge in [0.2, 0.25) is 5.91 Å². The van der Waals surface area contributed by atoms with Crippen LogP contribution in [-0.2, 0) is 4.79 Å². The summed E-state index contributed by atoms with van der Waals surface area (Å²) in [6.07, 6.45) is 2.30. The molecule has 0 atom stereocenters. The summed E-state index contributed by atoms with van der Waals surface area (Å²) in [4.78, 5) is 32.7. The van der Waals surface area contributed by atoms with Gasteiger partial charge in [-0.05, 0) is 36.1 Å². The van der Waals surface area contributed by atoms with Crippen molar-refractivity contribution in [1.29, 1.82) is 0 Å². The van der Waals surface area contributed by atoms with Crippen molar-refractivity contribution in [2.45, 2.75) is 13.3 Å². The van der Waals surface area contributed by atoms with Gasteiger partial charge in [0.25, 0.3) is 5.91 Å². The molecule has 0 aliphatic carbocycles. The minimum Gasteiger partial charge on any atom is -0.329 e. The molecule has 2 heterocycles. The van der Waals surface area contributed by atoms with Crippen LogP contribution >= 0.6 is 45.9 Å². The lowest BCUT2D eigenvalue weighted by molar-refractivity contribution is -0.116. The van der Waals surface area contributed by atoms with Crippen LogP contribution in [0.4, 0.5) is 5.69 Å². The lowest BCUT2D eigenvalue weighted by atomic mass is 10.3. The first-order valence-corrected chi connectivity index (χ1v) is 11.0. The summed E-state index contributed by atoms with van der Waals surface area (Å²) in [7, 11) is 0. The van der Waals surface area contributed by atoms with Crippen LogP contribution in [0.1, 0.15) is 23.0 Å². The molecule has 1 aromatic carbocycles. The molecule has 0 spiro atoms. The van der Waals surface area contributed by atoms with Gasteiger partial charge in [-0.25, -0.2) is 4.98 Å². The van der Waals surface area contributed by atoms with Crippen LogP contribution in [0, 0.1) is 0 Å². The molecule has 0 radical (unpaired) electrons. The fraction of sp³-hybridized carbons (Fsp3) is 0.211. The minimum absolute atomic E-state index is 0.0716. The molecule has 0 saturated heterocycles. The molecular formula is C19H17Cl2N3O2S2. The summed E-state index contributed by atoms with van der Waals surface area (Å²) in [5, 5.41) is 6.32. The van der Waals surface area contributed by atoms with Gasteiger partial charge < -0.3 is 10.2 Å². The molecule has 5 nitrogen and oxygen atoms in total. The van der Waals surface area contributed by atoms with Crippen LogP contribution in [0.3, 0.4) is 0 Å². The van der Waals surface area contributed by atoms with E-state index in [4.69, 9.17) is 23.2 Å². The molecule has 146 valence electrons. The Hall–Kier alpha value is -1.93. The number of amides is 2. The first-order chi connectivity index (χ1) is 13.5. The van der Waals surface area contributed by atoms with Gasteiger partial charge in [0, 0.05) is 11.6 Å². The van der Waals surface area contributed by atoms with E-state index >= 15 is 0 Å². The van der Waals surface area contributed by atoms with Crippen LogP contribution in [0.5, 0.6) is 0 Å². The predicted octanol–water partition coefficient (Wildman–Crippen LogP) is 5.67. The van der Waals surface area contributed by atoms with Crippen molar-refractivity contribution in [2.75, 3.05) is 18.4 Å². The second-order valence-electron chi connectivity index (χ2n) is 5.91. The number of halogens is 2. The normalized spacial score (nSPS) is 10.7. The Morgan fingerprint density at radius 2 is 2.07 bits per heavy atom. The average molecular weight is 454 g/mol. The van der Waals surface area contributed by atoms with Gasteiger partial charge in [-0.3, -0.25) is 9.59 Å². The quantitative estimate of drug-likeness (QED) is 0.501. The van der Waals surface area contributed by atoms with Gasteiger partial charge in [0.1, 0.15) is 16.4 Å². The van der Waals surface area contributed by atoms with E-state index in [0.29, 0.717) is 27.2 Å². The van der Waals surface area contributed by atoms with Crippen LogP contribution in [0.25, 0.3) is 9.88 Å². The third-order valence-electron chi connectivity index (χ3n) is 3.77. The molecule has 0 aliphatic heterocycles. The molecule has 0 aliphatic rings. The zero-order chi connectivity index (χ0) is 20.1. The first-order valence-electron chi connectivity index (χ1n) is 8.51. The molecule has 2 amide bonds. The van der Waals surface area contributed by atoms with Gasteiger partial charge >= 0.3 is 0 Å². The number of nitrogens with one attached hydrogen (secondary N) is 1. The molecular weight excluding hydrogens is 437 g/mol. The van der Waals surface area contributed by atoms with Crippen molar-refractivity contribution in [3.8, 4) is 9.88 Å². The maximum absolute atomic E-state index is 12.9. The number of carbonyl (C=O) groups is 2. The monoisotopic (exact) mass is 453 g/mol. The van der Waals surface area contributed by atoms with Gasteiger partial charge in [0.15, 0.2) is 0 Å². The molecule has 28 heavy (non-hydrogen) atoms. The van der Waals surface area contributed by atoms with E-state index in [2.05, 4.69) is 10.3 Å². The van der Waals surface area contributed by atoms with Crippen molar-refractivity contribution in [1.82, 2.24) is 9.88 Å². The smallest absolute Gasteiger partial charge is 0.266 e. The van der Waals surface area contributed by atoms with E-state index in [-0.39, 0.29) is 18.4 Å². The molecule has 0 fully saturated rings. The van der Waals surface area contributed by atoms with Gasteiger partial charge in [-0.1, -0.05) is 36.2 Å². The van der Waals surface area contributed by atoms with Crippen molar-refractivity contribution < 1.29 is 9.59 Å². The molecule has 0 saturated carbocycles. The molecule has 0 unspecified atom stereocenters. The Morgan fingerprint density at radius 3 is 2.75 bits per heavy atom. The minimum atomic E-state index is -0.325. The van der Waals surface area contributed by atoms with E-state index in [1.165, 1.54) is 16.2 Å². The highest BCUT2D eigenvalue weighted by Gasteiger charge is 2.21. The largest absolute Gasteiger partial charge is 0.329 e. The molecule has 2 aromatic heterocycles. The predicted molar refractivity (Wildman–Crippen MR) is 117 cm³/mol. The van der Waals surface area contributed by atoms with Gasteiger partial charge in [-0.2, -0.15) is 0 Å². The number of hydrogen-bond acceptors (Lipinski definition) is 5. The summed E-state index contributed by atoms with van der Waals surface area (Å²) in [6.45, 7) is 2.35. The molecule has 3 rings (SSSR count). The number of anilines is 1. The molecule has 3 aromatic rings. The van der Waals surface area contributed by atoms with E-state index in [0.717, 1.165) is 16.3 Å². The topological polar surface area (TPSA) is 62.3 Å². The fourth-order valence-electron chi connectivity index (χ4n) is 2.52. The third kappa shape index (κ3) is 5.11. The average Bonchev–Trinajstić information content (AvgIpc) is 3.34. The molecule has 9 heteroatoms. The Labute approximate surface area is 180 Å². The lowest BCUT2D eigenvalue weighted by Gasteiger charge is -2.21. The number of carbonyl (C=O) groups excluding carboxylic acids is 2. The second-order valence-corrected chi connectivity index (χ2v) is 8.73. The standard InChI is InChI=1S/C19H17Cl2N3O2S2/c1-2-7-24(11-17(25)23-14-6-5-12(20)9-13(14)21)19(26)16-10-22-18(28-16)15-4-3-8-27-15/h3-6,8-10H,2,7,11H2,1H3,(H,23,25). The van der Waals surface area contributed by atoms with Crippen LogP contribution < -0.4 is 5.32 Å². The number of hydrogen-bond donors (Lipinski definition) is 1. The number of thiophene rings is 1. The van der Waals surface area contributed by atoms with E-state index in [9.17, 15) is 9.59 Å². The van der Waals surface area contributed by atoms with E-state index in [1.807, 2.05) is 24.4 Å². The fourth-order valence-corrected chi connectivity index (χ4v) is 4.66. The highest BCUT2D eigenvalue weighted by atomic mass is 35.5. The summed E-state index contributed by atoms with van der Waals surface area (Å²) < 4.78 is 0. The van der Waals surface area contributed by atoms with E-state index in [1.54, 1.807) is 35.7 Å². The van der Waals surface area contributed by atoms with Crippen LogP contribution in [0.2, 0.25) is 10.0 Å². The van der Waals surface area contributed by atoms with Crippen molar-refractivity contribution in [3.05, 3.63) is 56.8 Å². The number of rotatable bonds is 7. The number of aromatic nitrogens is 1. The lowest BCUT2D eigenvalue weighted by Crippen LogP contribution is -2.38. The summed E-state index contributed by atoms with van der Waals surface area (Å²) in [6, 6.07) is 8.73. The van der Waals surface area contributed by atoms with Crippen molar-refractivity contribution >= 4 is 63.4 Å². The Balaban J connectivity index is 1.70. The summed E-state index contributed by atoms with van der Waals surface area (Å²) in [5.41, 5.74) is 0.456. The Kier molecular flexibility index (Phi) is 7.07. The molecule has 0 bridgehead atoms. The zero-order valence-corrected chi connectivity index (χ0v) is 18.1. The maximum atomic E-state index is 12.9. The van der Waals surface area contributed by atoms with Gasteiger partial charge in [0.05, 0.1) is 21.8 Å². The highest BCUT2D eigenvalue weighted by Crippen LogP contribution is 2.29.